The van der Waals surface area contributed by atoms with Crippen molar-refractivity contribution >= 4 is 23.4 Å². The summed E-state index contributed by atoms with van der Waals surface area (Å²) in [6, 6.07) is 14.1. The summed E-state index contributed by atoms with van der Waals surface area (Å²) in [4.78, 5) is 27.6. The normalized spacial score (nSPS) is 11.7. The summed E-state index contributed by atoms with van der Waals surface area (Å²) >= 11 is 6.33. The Kier molecular flexibility index (Phi) is 10.3. The second-order valence-corrected chi connectivity index (χ2v) is 8.24. The molecule has 0 spiro atoms. The van der Waals surface area contributed by atoms with Crippen LogP contribution in [-0.2, 0) is 16.1 Å². The Balaban J connectivity index is 2.04. The maximum Gasteiger partial charge on any atom is 0.243 e. The first-order chi connectivity index (χ1) is 15.3. The van der Waals surface area contributed by atoms with Gasteiger partial charge in [0.2, 0.25) is 11.8 Å². The second-order valence-electron chi connectivity index (χ2n) is 7.83. The number of carbonyl (C=O) groups excluding carboxylic acids is 2. The van der Waals surface area contributed by atoms with Gasteiger partial charge in [-0.15, -0.1) is 0 Å². The van der Waals surface area contributed by atoms with Crippen LogP contribution in [0.3, 0.4) is 0 Å². The number of hydrogen-bond acceptors (Lipinski definition) is 4. The van der Waals surface area contributed by atoms with Crippen LogP contribution in [0.15, 0.2) is 48.5 Å². The van der Waals surface area contributed by atoms with E-state index in [0.29, 0.717) is 30.2 Å². The first kappa shape index (κ1) is 25.5. The Morgan fingerprint density at radius 2 is 1.72 bits per heavy atom. The highest BCUT2D eigenvalue weighted by molar-refractivity contribution is 6.31. The highest BCUT2D eigenvalue weighted by Gasteiger charge is 2.29. The summed E-state index contributed by atoms with van der Waals surface area (Å²) in [6.07, 6.45) is 1.31. The number of amides is 2. The van der Waals surface area contributed by atoms with Crippen molar-refractivity contribution in [2.75, 3.05) is 13.7 Å². The number of nitrogens with zero attached hydrogens (tertiary/aromatic N) is 1. The topological polar surface area (TPSA) is 67.9 Å². The zero-order chi connectivity index (χ0) is 23.5. The van der Waals surface area contributed by atoms with E-state index in [0.717, 1.165) is 11.3 Å². The number of rotatable bonds is 12. The molecule has 2 aromatic rings. The van der Waals surface area contributed by atoms with E-state index in [4.69, 9.17) is 21.1 Å². The molecule has 0 heterocycles. The molecule has 0 bridgehead atoms. The third kappa shape index (κ3) is 7.75. The summed E-state index contributed by atoms with van der Waals surface area (Å²) in [5.74, 6) is 1.22. The summed E-state index contributed by atoms with van der Waals surface area (Å²) in [6.45, 7) is 6.39. The van der Waals surface area contributed by atoms with Gasteiger partial charge in [-0.3, -0.25) is 9.59 Å². The van der Waals surface area contributed by atoms with Gasteiger partial charge in [0.25, 0.3) is 0 Å². The van der Waals surface area contributed by atoms with Crippen molar-refractivity contribution in [3.05, 3.63) is 59.1 Å². The number of hydrogen-bond donors (Lipinski definition) is 1. The molecule has 2 aromatic carbocycles. The largest absolute Gasteiger partial charge is 0.497 e. The first-order valence-electron chi connectivity index (χ1n) is 11.0. The SMILES string of the molecule is CC[C@H](C(=O)NC(C)C)N(Cc1ccccc1Cl)C(=O)CCCOc1ccc(OC)cc1. The third-order valence-electron chi connectivity index (χ3n) is 4.98. The van der Waals surface area contributed by atoms with Crippen molar-refractivity contribution in [1.29, 1.82) is 0 Å². The lowest BCUT2D eigenvalue weighted by molar-refractivity contribution is -0.141. The maximum absolute atomic E-state index is 13.2. The maximum atomic E-state index is 13.2. The van der Waals surface area contributed by atoms with Gasteiger partial charge in [0, 0.05) is 24.0 Å². The number of ether oxygens (including phenoxy) is 2. The predicted molar refractivity (Wildman–Crippen MR) is 127 cm³/mol. The van der Waals surface area contributed by atoms with Gasteiger partial charge in [-0.2, -0.15) is 0 Å². The molecule has 0 aromatic heterocycles. The molecule has 174 valence electrons. The van der Waals surface area contributed by atoms with Crippen molar-refractivity contribution in [1.82, 2.24) is 10.2 Å². The Labute approximate surface area is 195 Å². The molecular weight excluding hydrogens is 428 g/mol. The molecule has 0 saturated carbocycles. The number of methoxy groups -OCH3 is 1. The Bertz CT molecular complexity index is 871. The van der Waals surface area contributed by atoms with Gasteiger partial charge in [0.05, 0.1) is 13.7 Å². The van der Waals surface area contributed by atoms with Crippen LogP contribution in [0.4, 0.5) is 0 Å². The average molecular weight is 461 g/mol. The molecule has 0 fully saturated rings. The number of nitrogens with one attached hydrogen (secondary N) is 1. The molecule has 0 aliphatic carbocycles. The van der Waals surface area contributed by atoms with Crippen LogP contribution < -0.4 is 14.8 Å². The first-order valence-corrected chi connectivity index (χ1v) is 11.3. The molecule has 0 saturated heterocycles. The Hall–Kier alpha value is -2.73. The Morgan fingerprint density at radius 3 is 2.31 bits per heavy atom. The van der Waals surface area contributed by atoms with E-state index in [1.165, 1.54) is 0 Å². The zero-order valence-corrected chi connectivity index (χ0v) is 20.0. The molecule has 32 heavy (non-hydrogen) atoms. The van der Waals surface area contributed by atoms with E-state index in [9.17, 15) is 9.59 Å². The van der Waals surface area contributed by atoms with Crippen LogP contribution >= 0.6 is 11.6 Å². The second kappa shape index (κ2) is 13.0. The van der Waals surface area contributed by atoms with E-state index >= 15 is 0 Å². The van der Waals surface area contributed by atoms with E-state index in [1.54, 1.807) is 18.1 Å². The minimum Gasteiger partial charge on any atom is -0.497 e. The summed E-state index contributed by atoms with van der Waals surface area (Å²) in [5.41, 5.74) is 0.813. The molecule has 6 nitrogen and oxygen atoms in total. The molecular formula is C25H33ClN2O4. The third-order valence-corrected chi connectivity index (χ3v) is 5.35. The number of carbonyl (C=O) groups is 2. The lowest BCUT2D eigenvalue weighted by Crippen LogP contribution is -2.50. The van der Waals surface area contributed by atoms with Gasteiger partial charge < -0.3 is 19.7 Å². The number of halogens is 1. The van der Waals surface area contributed by atoms with Gasteiger partial charge >= 0.3 is 0 Å². The molecule has 1 atom stereocenters. The van der Waals surface area contributed by atoms with Gasteiger partial charge in [-0.05, 0) is 62.6 Å². The van der Waals surface area contributed by atoms with Crippen LogP contribution in [0.25, 0.3) is 0 Å². The van der Waals surface area contributed by atoms with Crippen molar-refractivity contribution in [3.63, 3.8) is 0 Å². The highest BCUT2D eigenvalue weighted by Crippen LogP contribution is 2.21. The Morgan fingerprint density at radius 1 is 1.06 bits per heavy atom. The van der Waals surface area contributed by atoms with Gasteiger partial charge in [-0.25, -0.2) is 0 Å². The van der Waals surface area contributed by atoms with Crippen molar-refractivity contribution in [2.24, 2.45) is 0 Å². The van der Waals surface area contributed by atoms with E-state index < -0.39 is 6.04 Å². The lowest BCUT2D eigenvalue weighted by Gasteiger charge is -2.31. The molecule has 0 unspecified atom stereocenters. The summed E-state index contributed by atoms with van der Waals surface area (Å²) < 4.78 is 10.9. The fourth-order valence-corrected chi connectivity index (χ4v) is 3.53. The molecule has 0 radical (unpaired) electrons. The molecule has 2 amide bonds. The van der Waals surface area contributed by atoms with E-state index in [1.807, 2.05) is 63.2 Å². The van der Waals surface area contributed by atoms with Gasteiger partial charge in [0.15, 0.2) is 0 Å². The zero-order valence-electron chi connectivity index (χ0n) is 19.3. The molecule has 0 aliphatic rings. The predicted octanol–water partition coefficient (Wildman–Crippen LogP) is 4.84. The number of benzene rings is 2. The monoisotopic (exact) mass is 460 g/mol. The van der Waals surface area contributed by atoms with Gasteiger partial charge in [0.1, 0.15) is 17.5 Å². The van der Waals surface area contributed by atoms with Crippen molar-refractivity contribution in [2.45, 2.75) is 58.7 Å². The smallest absolute Gasteiger partial charge is 0.243 e. The lowest BCUT2D eigenvalue weighted by atomic mass is 10.1. The van der Waals surface area contributed by atoms with Crippen LogP contribution in [0.5, 0.6) is 11.5 Å². The fourth-order valence-electron chi connectivity index (χ4n) is 3.34. The fraction of sp³-hybridized carbons (Fsp3) is 0.440. The van der Waals surface area contributed by atoms with Crippen molar-refractivity contribution < 1.29 is 19.1 Å². The van der Waals surface area contributed by atoms with Crippen molar-refractivity contribution in [3.8, 4) is 11.5 Å². The summed E-state index contributed by atoms with van der Waals surface area (Å²) in [5, 5.41) is 3.50. The highest BCUT2D eigenvalue weighted by atomic mass is 35.5. The quantitative estimate of drug-likeness (QED) is 0.460. The molecule has 1 N–H and O–H groups in total. The van der Waals surface area contributed by atoms with Crippen LogP contribution in [0.1, 0.15) is 45.6 Å². The van der Waals surface area contributed by atoms with Gasteiger partial charge in [-0.1, -0.05) is 36.7 Å². The van der Waals surface area contributed by atoms with Crippen LogP contribution in [-0.4, -0.2) is 42.5 Å². The average Bonchev–Trinajstić information content (AvgIpc) is 2.77. The molecule has 7 heteroatoms. The standard InChI is InChI=1S/C25H33ClN2O4/c1-5-23(25(30)27-18(2)3)28(17-19-9-6-7-10-22(19)26)24(29)11-8-16-32-21-14-12-20(31-4)13-15-21/h6-7,9-10,12-15,18,23H,5,8,11,16-17H2,1-4H3,(H,27,30)/t23-/m1/s1. The molecule has 0 aliphatic heterocycles. The van der Waals surface area contributed by atoms with E-state index in [2.05, 4.69) is 5.32 Å². The van der Waals surface area contributed by atoms with Crippen LogP contribution in [0, 0.1) is 0 Å². The molecule has 2 rings (SSSR count). The minimum atomic E-state index is -0.566. The van der Waals surface area contributed by atoms with Crippen LogP contribution in [0.2, 0.25) is 5.02 Å². The van der Waals surface area contributed by atoms with E-state index in [-0.39, 0.29) is 30.8 Å². The summed E-state index contributed by atoms with van der Waals surface area (Å²) in [7, 11) is 1.61. The minimum absolute atomic E-state index is 0.00767.